The van der Waals surface area contributed by atoms with E-state index < -0.39 is 5.60 Å². The highest BCUT2D eigenvalue weighted by molar-refractivity contribution is 5.65. The van der Waals surface area contributed by atoms with E-state index >= 15 is 0 Å². The topological polar surface area (TPSA) is 51.6 Å². The van der Waals surface area contributed by atoms with Crippen molar-refractivity contribution in [2.24, 2.45) is 0 Å². The van der Waals surface area contributed by atoms with Gasteiger partial charge in [0, 0.05) is 23.6 Å². The zero-order valence-electron chi connectivity index (χ0n) is 24.7. The Morgan fingerprint density at radius 1 is 0.846 bits per heavy atom. The highest BCUT2D eigenvalue weighted by atomic mass is 17.2. The fourth-order valence-electron chi connectivity index (χ4n) is 6.44. The Bertz CT molecular complexity index is 1210. The zero-order chi connectivity index (χ0) is 27.9. The van der Waals surface area contributed by atoms with E-state index in [9.17, 15) is 5.11 Å². The summed E-state index contributed by atoms with van der Waals surface area (Å²) in [5.41, 5.74) is 9.53. The first-order chi connectivity index (χ1) is 18.8. The van der Waals surface area contributed by atoms with Crippen molar-refractivity contribution in [1.82, 2.24) is 4.98 Å². The Hall–Kier alpha value is -2.53. The molecule has 0 aliphatic heterocycles. The number of rotatable bonds is 13. The van der Waals surface area contributed by atoms with Crippen LogP contribution in [0.5, 0.6) is 0 Å². The lowest BCUT2D eigenvalue weighted by molar-refractivity contribution is -0.290. The molecule has 4 rings (SSSR count). The summed E-state index contributed by atoms with van der Waals surface area (Å²) in [5.74, 6) is 0. The van der Waals surface area contributed by atoms with E-state index in [2.05, 4.69) is 76.2 Å². The molecule has 210 valence electrons. The molecule has 39 heavy (non-hydrogen) atoms. The average molecular weight is 530 g/mol. The van der Waals surface area contributed by atoms with Gasteiger partial charge < -0.3 is 5.11 Å². The van der Waals surface area contributed by atoms with Crippen molar-refractivity contribution in [3.63, 3.8) is 0 Å². The summed E-state index contributed by atoms with van der Waals surface area (Å²) in [6.07, 6.45) is 10.9. The van der Waals surface area contributed by atoms with Crippen LogP contribution in [0.15, 0.2) is 54.7 Å². The molecular weight excluding hydrogens is 482 g/mol. The maximum atomic E-state index is 10.8. The molecule has 2 aromatic carbocycles. The van der Waals surface area contributed by atoms with Crippen LogP contribution in [0.25, 0.3) is 11.3 Å². The first-order valence-electron chi connectivity index (χ1n) is 15.0. The van der Waals surface area contributed by atoms with E-state index in [-0.39, 0.29) is 5.41 Å². The molecule has 3 aromatic rings. The molecule has 0 amide bonds. The highest BCUT2D eigenvalue weighted by Gasteiger charge is 2.33. The maximum Gasteiger partial charge on any atom is 0.0863 e. The number of pyridine rings is 1. The molecule has 0 unspecified atom stereocenters. The Morgan fingerprint density at radius 3 is 2.13 bits per heavy atom. The van der Waals surface area contributed by atoms with Gasteiger partial charge in [-0.2, -0.15) is 0 Å². The number of nitrogens with zero attached hydrogens (tertiary/aromatic N) is 1. The summed E-state index contributed by atoms with van der Waals surface area (Å²) in [7, 11) is 0. The first kappa shape index (κ1) is 29.5. The number of hydrogen-bond donors (Lipinski definition) is 1. The predicted octanol–water partition coefficient (Wildman–Crippen LogP) is 8.22. The molecule has 1 aromatic heterocycles. The zero-order valence-corrected chi connectivity index (χ0v) is 24.7. The van der Waals surface area contributed by atoms with Crippen molar-refractivity contribution in [3.05, 3.63) is 88.1 Å². The van der Waals surface area contributed by atoms with Crippen LogP contribution in [0.3, 0.4) is 0 Å². The van der Waals surface area contributed by atoms with Crippen LogP contribution in [0, 0.1) is 13.8 Å². The van der Waals surface area contributed by atoms with Crippen molar-refractivity contribution in [2.75, 3.05) is 13.2 Å². The predicted molar refractivity (Wildman–Crippen MR) is 160 cm³/mol. The molecule has 1 heterocycles. The van der Waals surface area contributed by atoms with Gasteiger partial charge in [-0.05, 0) is 98.7 Å². The lowest BCUT2D eigenvalue weighted by Gasteiger charge is -2.34. The smallest absolute Gasteiger partial charge is 0.0863 e. The summed E-state index contributed by atoms with van der Waals surface area (Å²) < 4.78 is 0. The van der Waals surface area contributed by atoms with Crippen LogP contribution >= 0.6 is 0 Å². The SMILES string of the molecule is CCOOCCc1ccc(-c2ccc(C(CC)(CC)c3ccc(CCC4(O)CCCC4)c(C)c3)cc2C)nc1. The number of aliphatic hydroxyl groups is 1. The second kappa shape index (κ2) is 13.2. The molecule has 1 saturated carbocycles. The van der Waals surface area contributed by atoms with E-state index in [1.54, 1.807) is 0 Å². The van der Waals surface area contributed by atoms with E-state index in [4.69, 9.17) is 14.8 Å². The number of aryl methyl sites for hydroxylation is 3. The van der Waals surface area contributed by atoms with E-state index in [0.29, 0.717) is 13.2 Å². The first-order valence-corrected chi connectivity index (χ1v) is 15.0. The van der Waals surface area contributed by atoms with Crippen LogP contribution in [-0.2, 0) is 28.0 Å². The Labute approximate surface area is 235 Å². The molecule has 1 N–H and O–H groups in total. The minimum atomic E-state index is -0.450. The van der Waals surface area contributed by atoms with E-state index in [0.717, 1.165) is 69.0 Å². The van der Waals surface area contributed by atoms with Gasteiger partial charge in [-0.1, -0.05) is 69.2 Å². The number of hydrogen-bond acceptors (Lipinski definition) is 4. The molecule has 0 atom stereocenters. The standard InChI is InChI=1S/C35H47NO3/c1-6-35(7-2,30-13-12-29(26(4)23-30)17-21-34(37)19-9-10-20-34)31-14-15-32(27(5)24-31)33-16-11-28(25-36-33)18-22-39-38-8-3/h11-16,23-25,37H,6-10,17-22H2,1-5H3. The summed E-state index contributed by atoms with van der Waals surface area (Å²) in [5, 5.41) is 10.8. The molecule has 1 fully saturated rings. The van der Waals surface area contributed by atoms with Gasteiger partial charge in [0.2, 0.25) is 0 Å². The quantitative estimate of drug-likeness (QED) is 0.138. The van der Waals surface area contributed by atoms with Crippen LogP contribution in [0.2, 0.25) is 0 Å². The molecule has 4 heteroatoms. The highest BCUT2D eigenvalue weighted by Crippen LogP contribution is 2.41. The Kier molecular flexibility index (Phi) is 9.98. The van der Waals surface area contributed by atoms with Gasteiger partial charge in [0.1, 0.15) is 0 Å². The van der Waals surface area contributed by atoms with Crippen LogP contribution in [-0.4, -0.2) is 28.9 Å². The van der Waals surface area contributed by atoms with Crippen molar-refractivity contribution in [2.45, 2.75) is 103 Å². The van der Waals surface area contributed by atoms with Crippen molar-refractivity contribution in [1.29, 1.82) is 0 Å². The molecule has 1 aliphatic rings. The average Bonchev–Trinajstić information content (AvgIpc) is 3.39. The molecule has 0 bridgehead atoms. The van der Waals surface area contributed by atoms with Crippen LogP contribution < -0.4 is 0 Å². The van der Waals surface area contributed by atoms with Gasteiger partial charge in [0.15, 0.2) is 0 Å². The van der Waals surface area contributed by atoms with Gasteiger partial charge >= 0.3 is 0 Å². The fourth-order valence-corrected chi connectivity index (χ4v) is 6.44. The fraction of sp³-hybridized carbons (Fsp3) is 0.514. The van der Waals surface area contributed by atoms with Gasteiger partial charge in [-0.3, -0.25) is 4.98 Å². The number of benzene rings is 2. The van der Waals surface area contributed by atoms with Crippen molar-refractivity contribution >= 4 is 0 Å². The molecule has 0 saturated heterocycles. The lowest BCUT2D eigenvalue weighted by Crippen LogP contribution is -2.27. The van der Waals surface area contributed by atoms with Gasteiger partial charge in [-0.15, -0.1) is 0 Å². The van der Waals surface area contributed by atoms with E-state index in [1.165, 1.54) is 33.4 Å². The minimum Gasteiger partial charge on any atom is -0.390 e. The monoisotopic (exact) mass is 529 g/mol. The summed E-state index contributed by atoms with van der Waals surface area (Å²) in [6.45, 7) is 12.0. The Balaban J connectivity index is 1.53. The minimum absolute atomic E-state index is 0.0337. The second-order valence-corrected chi connectivity index (χ2v) is 11.4. The third-order valence-electron chi connectivity index (χ3n) is 9.05. The summed E-state index contributed by atoms with van der Waals surface area (Å²) >= 11 is 0. The van der Waals surface area contributed by atoms with Gasteiger partial charge in [0.05, 0.1) is 24.5 Å². The molecule has 0 spiro atoms. The summed E-state index contributed by atoms with van der Waals surface area (Å²) in [6, 6.07) is 18.2. The molecule has 1 aliphatic carbocycles. The second-order valence-electron chi connectivity index (χ2n) is 11.4. The van der Waals surface area contributed by atoms with E-state index in [1.807, 2.05) is 13.1 Å². The molecule has 0 radical (unpaired) electrons. The van der Waals surface area contributed by atoms with Gasteiger partial charge in [0.25, 0.3) is 0 Å². The third kappa shape index (κ3) is 6.80. The lowest BCUT2D eigenvalue weighted by atomic mass is 9.69. The van der Waals surface area contributed by atoms with Crippen molar-refractivity contribution < 1.29 is 14.9 Å². The van der Waals surface area contributed by atoms with Crippen molar-refractivity contribution in [3.8, 4) is 11.3 Å². The summed E-state index contributed by atoms with van der Waals surface area (Å²) in [4.78, 5) is 14.9. The third-order valence-corrected chi connectivity index (χ3v) is 9.05. The normalized spacial score (nSPS) is 15.1. The van der Waals surface area contributed by atoms with Gasteiger partial charge in [-0.25, -0.2) is 9.78 Å². The largest absolute Gasteiger partial charge is 0.390 e. The molecule has 4 nitrogen and oxygen atoms in total. The Morgan fingerprint density at radius 2 is 1.54 bits per heavy atom. The van der Waals surface area contributed by atoms with Crippen LogP contribution in [0.4, 0.5) is 0 Å². The maximum absolute atomic E-state index is 10.8. The molecular formula is C35H47NO3. The number of aromatic nitrogens is 1. The van der Waals surface area contributed by atoms with Crippen LogP contribution in [0.1, 0.15) is 99.1 Å².